The normalized spacial score (nSPS) is 16.3. The van der Waals surface area contributed by atoms with Crippen LogP contribution in [-0.4, -0.2) is 28.3 Å². The zero-order valence-corrected chi connectivity index (χ0v) is 15.2. The maximum atomic E-state index is 12.6. The first-order valence-electron chi connectivity index (χ1n) is 9.06. The van der Waals surface area contributed by atoms with Crippen molar-refractivity contribution in [2.75, 3.05) is 0 Å². The SMILES string of the molecule is CC(C)Oc1ccc2cc(C(=O)NC3CCc4cn[nH]c4C3)c(=O)oc2c1. The number of ether oxygens (including phenoxy) is 1. The highest BCUT2D eigenvalue weighted by Crippen LogP contribution is 2.22. The van der Waals surface area contributed by atoms with Gasteiger partial charge >= 0.3 is 5.63 Å². The lowest BCUT2D eigenvalue weighted by atomic mass is 9.93. The number of hydrogen-bond acceptors (Lipinski definition) is 5. The largest absolute Gasteiger partial charge is 0.491 e. The molecule has 7 heteroatoms. The van der Waals surface area contributed by atoms with Crippen LogP contribution >= 0.6 is 0 Å². The van der Waals surface area contributed by atoms with Gasteiger partial charge in [0.2, 0.25) is 0 Å². The number of aromatic nitrogens is 2. The van der Waals surface area contributed by atoms with E-state index in [4.69, 9.17) is 9.15 Å². The Morgan fingerprint density at radius 1 is 1.37 bits per heavy atom. The molecule has 0 saturated carbocycles. The minimum Gasteiger partial charge on any atom is -0.491 e. The number of amides is 1. The molecule has 0 spiro atoms. The van der Waals surface area contributed by atoms with Crippen LogP contribution in [0.15, 0.2) is 39.7 Å². The van der Waals surface area contributed by atoms with E-state index in [1.807, 2.05) is 20.0 Å². The molecule has 0 saturated heterocycles. The third kappa shape index (κ3) is 3.58. The van der Waals surface area contributed by atoms with Gasteiger partial charge in [-0.1, -0.05) is 0 Å². The third-order valence-electron chi connectivity index (χ3n) is 4.68. The topological polar surface area (TPSA) is 97.2 Å². The molecule has 0 aliphatic heterocycles. The average Bonchev–Trinajstić information content (AvgIpc) is 3.08. The van der Waals surface area contributed by atoms with Gasteiger partial charge in [0.15, 0.2) is 0 Å². The van der Waals surface area contributed by atoms with Crippen molar-refractivity contribution in [3.8, 4) is 5.75 Å². The monoisotopic (exact) mass is 367 g/mol. The number of aryl methyl sites for hydroxylation is 1. The lowest BCUT2D eigenvalue weighted by molar-refractivity contribution is 0.0930. The maximum absolute atomic E-state index is 12.6. The van der Waals surface area contributed by atoms with Gasteiger partial charge in [-0.3, -0.25) is 9.89 Å². The van der Waals surface area contributed by atoms with Crippen LogP contribution in [0.25, 0.3) is 11.0 Å². The molecule has 0 radical (unpaired) electrons. The van der Waals surface area contributed by atoms with Crippen molar-refractivity contribution in [3.63, 3.8) is 0 Å². The van der Waals surface area contributed by atoms with Crippen LogP contribution in [0.5, 0.6) is 5.75 Å². The number of carbonyl (C=O) groups excluding carboxylic acids is 1. The highest BCUT2D eigenvalue weighted by atomic mass is 16.5. The molecule has 1 amide bonds. The summed E-state index contributed by atoms with van der Waals surface area (Å²) in [4.78, 5) is 24.9. The van der Waals surface area contributed by atoms with E-state index in [9.17, 15) is 9.59 Å². The van der Waals surface area contributed by atoms with Crippen LogP contribution in [0.3, 0.4) is 0 Å². The van der Waals surface area contributed by atoms with Gasteiger partial charge < -0.3 is 14.5 Å². The predicted octanol–water partition coefficient (Wildman–Crippen LogP) is 2.59. The number of benzene rings is 1. The molecule has 140 valence electrons. The van der Waals surface area contributed by atoms with Crippen molar-refractivity contribution >= 4 is 16.9 Å². The van der Waals surface area contributed by atoms with Crippen molar-refractivity contribution in [1.82, 2.24) is 15.5 Å². The third-order valence-corrected chi connectivity index (χ3v) is 4.68. The first kappa shape index (κ1) is 17.3. The lowest BCUT2D eigenvalue weighted by Crippen LogP contribution is -2.40. The van der Waals surface area contributed by atoms with Crippen molar-refractivity contribution in [1.29, 1.82) is 0 Å². The van der Waals surface area contributed by atoms with Gasteiger partial charge in [0, 0.05) is 29.6 Å². The Morgan fingerprint density at radius 3 is 3.04 bits per heavy atom. The van der Waals surface area contributed by atoms with Gasteiger partial charge in [0.05, 0.1) is 12.3 Å². The summed E-state index contributed by atoms with van der Waals surface area (Å²) >= 11 is 0. The number of aromatic amines is 1. The summed E-state index contributed by atoms with van der Waals surface area (Å²) in [5.74, 6) is 0.205. The quantitative estimate of drug-likeness (QED) is 0.691. The fourth-order valence-electron chi connectivity index (χ4n) is 3.39. The van der Waals surface area contributed by atoms with Gasteiger partial charge in [-0.2, -0.15) is 5.10 Å². The molecule has 27 heavy (non-hydrogen) atoms. The minimum atomic E-state index is -0.653. The second-order valence-corrected chi connectivity index (χ2v) is 7.10. The number of H-pyrrole nitrogens is 1. The number of rotatable bonds is 4. The van der Waals surface area contributed by atoms with E-state index < -0.39 is 11.5 Å². The second kappa shape index (κ2) is 6.90. The molecule has 0 fully saturated rings. The van der Waals surface area contributed by atoms with Crippen LogP contribution < -0.4 is 15.7 Å². The Bertz CT molecular complexity index is 1050. The van der Waals surface area contributed by atoms with E-state index in [-0.39, 0.29) is 17.7 Å². The van der Waals surface area contributed by atoms with E-state index in [0.717, 1.165) is 18.5 Å². The number of nitrogens with one attached hydrogen (secondary N) is 2. The maximum Gasteiger partial charge on any atom is 0.349 e. The first-order valence-corrected chi connectivity index (χ1v) is 9.06. The first-order chi connectivity index (χ1) is 13.0. The summed E-state index contributed by atoms with van der Waals surface area (Å²) in [6.45, 7) is 3.84. The Hall–Kier alpha value is -3.09. The summed E-state index contributed by atoms with van der Waals surface area (Å²) in [7, 11) is 0. The van der Waals surface area contributed by atoms with Crippen molar-refractivity contribution < 1.29 is 13.9 Å². The summed E-state index contributed by atoms with van der Waals surface area (Å²) in [5, 5.41) is 10.6. The fourth-order valence-corrected chi connectivity index (χ4v) is 3.39. The number of fused-ring (bicyclic) bond motifs is 2. The number of carbonyl (C=O) groups is 1. The van der Waals surface area contributed by atoms with Crippen LogP contribution in [-0.2, 0) is 12.8 Å². The van der Waals surface area contributed by atoms with Gasteiger partial charge in [0.25, 0.3) is 5.91 Å². The van der Waals surface area contributed by atoms with Gasteiger partial charge in [-0.15, -0.1) is 0 Å². The second-order valence-electron chi connectivity index (χ2n) is 7.10. The molecule has 1 atom stereocenters. The number of nitrogens with zero attached hydrogens (tertiary/aromatic N) is 1. The molecule has 1 aliphatic rings. The summed E-state index contributed by atoms with van der Waals surface area (Å²) in [6.07, 6.45) is 4.18. The summed E-state index contributed by atoms with van der Waals surface area (Å²) < 4.78 is 11.0. The van der Waals surface area contributed by atoms with Gasteiger partial charge in [-0.25, -0.2) is 4.79 Å². The Labute approximate surface area is 155 Å². The van der Waals surface area contributed by atoms with Crippen LogP contribution in [0.4, 0.5) is 0 Å². The standard InChI is InChI=1S/C20H21N3O4/c1-11(2)26-15-6-4-12-7-16(20(25)27-18(12)9-15)19(24)22-14-5-3-13-10-21-23-17(13)8-14/h4,6-7,9-11,14H,3,5,8H2,1-2H3,(H,21,23)(H,22,24). The molecule has 4 rings (SSSR count). The van der Waals surface area contributed by atoms with E-state index >= 15 is 0 Å². The molecule has 2 heterocycles. The van der Waals surface area contributed by atoms with E-state index in [2.05, 4.69) is 15.5 Å². The molecule has 1 unspecified atom stereocenters. The van der Waals surface area contributed by atoms with E-state index in [1.165, 1.54) is 5.56 Å². The van der Waals surface area contributed by atoms with Crippen LogP contribution in [0, 0.1) is 0 Å². The van der Waals surface area contributed by atoms with Crippen LogP contribution in [0.1, 0.15) is 41.9 Å². The molecule has 2 N–H and O–H groups in total. The van der Waals surface area contributed by atoms with Gasteiger partial charge in [0.1, 0.15) is 16.9 Å². The molecule has 1 aromatic carbocycles. The lowest BCUT2D eigenvalue weighted by Gasteiger charge is -2.22. The molecular formula is C20H21N3O4. The van der Waals surface area contributed by atoms with E-state index in [1.54, 1.807) is 24.3 Å². The zero-order valence-electron chi connectivity index (χ0n) is 15.2. The van der Waals surface area contributed by atoms with Crippen molar-refractivity contribution in [2.24, 2.45) is 0 Å². The smallest absolute Gasteiger partial charge is 0.349 e. The van der Waals surface area contributed by atoms with Crippen molar-refractivity contribution in [2.45, 2.75) is 45.3 Å². The van der Waals surface area contributed by atoms with Gasteiger partial charge in [-0.05, 0) is 50.5 Å². The van der Waals surface area contributed by atoms with Crippen molar-refractivity contribution in [3.05, 3.63) is 57.7 Å². The molecule has 0 bridgehead atoms. The predicted molar refractivity (Wildman–Crippen MR) is 100 cm³/mol. The number of hydrogen-bond donors (Lipinski definition) is 2. The molecule has 7 nitrogen and oxygen atoms in total. The van der Waals surface area contributed by atoms with Crippen LogP contribution in [0.2, 0.25) is 0 Å². The molecular weight excluding hydrogens is 346 g/mol. The highest BCUT2D eigenvalue weighted by Gasteiger charge is 2.23. The minimum absolute atomic E-state index is 0.00966. The molecule has 2 aromatic heterocycles. The average molecular weight is 367 g/mol. The Kier molecular flexibility index (Phi) is 4.43. The summed E-state index contributed by atoms with van der Waals surface area (Å²) in [6, 6.07) is 6.77. The summed E-state index contributed by atoms with van der Waals surface area (Å²) in [5.41, 5.74) is 1.98. The highest BCUT2D eigenvalue weighted by molar-refractivity contribution is 5.96. The fraction of sp³-hybridized carbons (Fsp3) is 0.350. The zero-order chi connectivity index (χ0) is 19.0. The molecule has 3 aromatic rings. The molecule has 1 aliphatic carbocycles. The Morgan fingerprint density at radius 2 is 2.22 bits per heavy atom. The Balaban J connectivity index is 1.55. The van der Waals surface area contributed by atoms with E-state index in [0.29, 0.717) is 23.1 Å².